The third kappa shape index (κ3) is 4.52. The molecule has 1 saturated carbocycles. The smallest absolute Gasteiger partial charge is 0.258 e. The largest absolute Gasteiger partial charge is 0.334 e. The number of aromatic nitrogens is 3. The van der Waals surface area contributed by atoms with E-state index >= 15 is 0 Å². The van der Waals surface area contributed by atoms with Crippen molar-refractivity contribution >= 4 is 33.4 Å². The van der Waals surface area contributed by atoms with Crippen LogP contribution in [-0.4, -0.2) is 25.6 Å². The van der Waals surface area contributed by atoms with Gasteiger partial charge in [-0.25, -0.2) is 0 Å². The van der Waals surface area contributed by atoms with Gasteiger partial charge in [0, 0.05) is 44.7 Å². The van der Waals surface area contributed by atoms with Gasteiger partial charge in [0.15, 0.2) is 5.82 Å². The number of nitrogens with zero attached hydrogens (tertiary/aromatic N) is 3. The van der Waals surface area contributed by atoms with Crippen molar-refractivity contribution in [3.8, 4) is 11.1 Å². The average Bonchev–Trinajstić information content (AvgIpc) is 3.67. The first-order chi connectivity index (χ1) is 17.5. The lowest BCUT2D eigenvalue weighted by Gasteiger charge is -2.11. The highest BCUT2D eigenvalue weighted by atomic mass is 32.2. The summed E-state index contributed by atoms with van der Waals surface area (Å²) in [5.74, 6) is 1.68. The highest BCUT2D eigenvalue weighted by molar-refractivity contribution is 7.84. The molecule has 1 fully saturated rings. The Kier molecular flexibility index (Phi) is 5.82. The first-order valence-corrected chi connectivity index (χ1v) is 13.6. The van der Waals surface area contributed by atoms with Crippen LogP contribution >= 0.6 is 0 Å². The van der Waals surface area contributed by atoms with Gasteiger partial charge >= 0.3 is 0 Å². The van der Waals surface area contributed by atoms with Gasteiger partial charge in [-0.05, 0) is 90.4 Å². The molecule has 2 aromatic heterocycles. The summed E-state index contributed by atoms with van der Waals surface area (Å²) in [6.45, 7) is 1.81. The lowest BCUT2D eigenvalue weighted by molar-refractivity contribution is 0.403. The van der Waals surface area contributed by atoms with E-state index in [2.05, 4.69) is 58.7 Å². The van der Waals surface area contributed by atoms with Crippen molar-refractivity contribution in [2.24, 2.45) is 0 Å². The maximum absolute atomic E-state index is 11.9. The van der Waals surface area contributed by atoms with E-state index in [1.165, 1.54) is 23.8 Å². The van der Waals surface area contributed by atoms with E-state index in [0.29, 0.717) is 17.6 Å². The fourth-order valence-corrected chi connectivity index (χ4v) is 5.07. The van der Waals surface area contributed by atoms with Gasteiger partial charge in [0.25, 0.3) is 5.89 Å². The van der Waals surface area contributed by atoms with E-state index in [-0.39, 0.29) is 0 Å². The zero-order valence-electron chi connectivity index (χ0n) is 20.1. The van der Waals surface area contributed by atoms with E-state index in [9.17, 15) is 4.21 Å². The zero-order chi connectivity index (χ0) is 24.6. The Morgan fingerprint density at radius 1 is 1.03 bits per heavy atom. The van der Waals surface area contributed by atoms with Crippen molar-refractivity contribution in [2.45, 2.75) is 30.6 Å². The molecular formula is C30H25N3O2S. The number of hydrogen-bond acceptors (Lipinski definition) is 5. The van der Waals surface area contributed by atoms with Crippen molar-refractivity contribution in [2.75, 3.05) is 6.26 Å². The Balaban J connectivity index is 1.47. The van der Waals surface area contributed by atoms with E-state index in [0.717, 1.165) is 38.2 Å². The molecule has 2 heterocycles. The third-order valence-corrected chi connectivity index (χ3v) is 7.48. The van der Waals surface area contributed by atoms with Gasteiger partial charge in [-0.3, -0.25) is 9.19 Å². The van der Waals surface area contributed by atoms with Crippen LogP contribution in [0, 0.1) is 6.92 Å². The Labute approximate surface area is 212 Å². The van der Waals surface area contributed by atoms with Crippen molar-refractivity contribution < 1.29 is 8.73 Å². The number of pyridine rings is 1. The van der Waals surface area contributed by atoms with Gasteiger partial charge in [-0.2, -0.15) is 4.98 Å². The molecule has 36 heavy (non-hydrogen) atoms. The summed E-state index contributed by atoms with van der Waals surface area (Å²) in [4.78, 5) is 9.98. The molecule has 5 nitrogen and oxygen atoms in total. The van der Waals surface area contributed by atoms with Crippen LogP contribution in [-0.2, 0) is 10.8 Å². The average molecular weight is 492 g/mol. The topological polar surface area (TPSA) is 68.9 Å². The molecule has 178 valence electrons. The van der Waals surface area contributed by atoms with Crippen LogP contribution in [0.25, 0.3) is 33.7 Å². The summed E-state index contributed by atoms with van der Waals surface area (Å²) < 4.78 is 17.4. The van der Waals surface area contributed by atoms with Crippen molar-refractivity contribution in [3.05, 3.63) is 107 Å². The Morgan fingerprint density at radius 2 is 1.86 bits per heavy atom. The SMILES string of the molecule is Cc1noc(/C(=C\c2cccc(-c3cc(C4CC4)cc4cccnc34)c2)c2ccc(S(C)=O)cc2)n1. The fourth-order valence-electron chi connectivity index (χ4n) is 4.55. The Bertz CT molecular complexity index is 1630. The standard InChI is InChI=1S/C30H25N3O2S/c1-19-32-30(35-33-19)28(22-10-12-26(13-11-22)36(2)34)16-20-5-3-6-23(15-20)27-18-25(21-8-9-21)17-24-7-4-14-31-29(24)27/h3-7,10-18,21H,8-9H2,1-2H3/b28-16-. The normalized spacial score (nSPS) is 14.8. The highest BCUT2D eigenvalue weighted by Crippen LogP contribution is 2.43. The summed E-state index contributed by atoms with van der Waals surface area (Å²) >= 11 is 0. The molecule has 1 unspecified atom stereocenters. The molecule has 1 aliphatic rings. The van der Waals surface area contributed by atoms with Gasteiger partial charge < -0.3 is 4.52 Å². The first kappa shape index (κ1) is 22.6. The van der Waals surface area contributed by atoms with Crippen molar-refractivity contribution in [1.82, 2.24) is 15.1 Å². The lowest BCUT2D eigenvalue weighted by atomic mass is 9.95. The maximum atomic E-state index is 11.9. The highest BCUT2D eigenvalue weighted by Gasteiger charge is 2.25. The molecule has 5 aromatic rings. The minimum absolute atomic E-state index is 0.450. The second kappa shape index (κ2) is 9.28. The summed E-state index contributed by atoms with van der Waals surface area (Å²) in [6, 6.07) is 24.8. The minimum atomic E-state index is -1.04. The summed E-state index contributed by atoms with van der Waals surface area (Å²) in [7, 11) is -1.04. The molecule has 0 bridgehead atoms. The molecule has 1 atom stereocenters. The zero-order valence-corrected chi connectivity index (χ0v) is 21.0. The second-order valence-electron chi connectivity index (χ2n) is 9.23. The van der Waals surface area contributed by atoms with E-state index in [1.54, 1.807) is 13.2 Å². The van der Waals surface area contributed by atoms with Gasteiger partial charge in [0.1, 0.15) is 0 Å². The minimum Gasteiger partial charge on any atom is -0.334 e. The molecular weight excluding hydrogens is 466 g/mol. The summed E-state index contributed by atoms with van der Waals surface area (Å²) in [6.07, 6.45) is 8.11. The van der Waals surface area contributed by atoms with E-state index < -0.39 is 10.8 Å². The molecule has 3 aromatic carbocycles. The molecule has 0 N–H and O–H groups in total. The van der Waals surface area contributed by atoms with Crippen molar-refractivity contribution in [1.29, 1.82) is 0 Å². The summed E-state index contributed by atoms with van der Waals surface area (Å²) in [5, 5.41) is 5.17. The van der Waals surface area contributed by atoms with Crippen LogP contribution in [0.2, 0.25) is 0 Å². The Hall–Kier alpha value is -3.90. The molecule has 0 radical (unpaired) electrons. The maximum Gasteiger partial charge on any atom is 0.258 e. The number of benzene rings is 3. The quantitative estimate of drug-likeness (QED) is 0.244. The van der Waals surface area contributed by atoms with Crippen LogP contribution in [0.15, 0.2) is 88.4 Å². The van der Waals surface area contributed by atoms with Crippen LogP contribution < -0.4 is 0 Å². The fraction of sp³-hybridized carbons (Fsp3) is 0.167. The molecule has 0 saturated heterocycles. The predicted octanol–water partition coefficient (Wildman–Crippen LogP) is 6.80. The van der Waals surface area contributed by atoms with Gasteiger partial charge in [-0.1, -0.05) is 41.6 Å². The monoisotopic (exact) mass is 491 g/mol. The van der Waals surface area contributed by atoms with Crippen molar-refractivity contribution in [3.63, 3.8) is 0 Å². The third-order valence-electron chi connectivity index (χ3n) is 6.54. The van der Waals surface area contributed by atoms with Gasteiger partial charge in [0.05, 0.1) is 5.52 Å². The molecule has 6 heteroatoms. The van der Waals surface area contributed by atoms with Crippen LogP contribution in [0.4, 0.5) is 0 Å². The first-order valence-electron chi connectivity index (χ1n) is 12.0. The molecule has 1 aliphatic carbocycles. The number of fused-ring (bicyclic) bond motifs is 1. The molecule has 0 amide bonds. The Morgan fingerprint density at radius 3 is 2.58 bits per heavy atom. The number of rotatable bonds is 6. The molecule has 6 rings (SSSR count). The van der Waals surface area contributed by atoms with Crippen LogP contribution in [0.1, 0.15) is 47.2 Å². The van der Waals surface area contributed by atoms with Gasteiger partial charge in [-0.15, -0.1) is 0 Å². The summed E-state index contributed by atoms with van der Waals surface area (Å²) in [5.41, 5.74) is 7.42. The van der Waals surface area contributed by atoms with Gasteiger partial charge in [0.2, 0.25) is 0 Å². The molecule has 0 spiro atoms. The van der Waals surface area contributed by atoms with Crippen LogP contribution in [0.5, 0.6) is 0 Å². The van der Waals surface area contributed by atoms with Crippen LogP contribution in [0.3, 0.4) is 0 Å². The second-order valence-corrected chi connectivity index (χ2v) is 10.6. The molecule has 0 aliphatic heterocycles. The number of aryl methyl sites for hydroxylation is 1. The predicted molar refractivity (Wildman–Crippen MR) is 144 cm³/mol. The number of hydrogen-bond donors (Lipinski definition) is 0. The van der Waals surface area contributed by atoms with E-state index in [1.807, 2.05) is 36.5 Å². The lowest BCUT2D eigenvalue weighted by Crippen LogP contribution is -1.92. The van der Waals surface area contributed by atoms with E-state index in [4.69, 9.17) is 9.51 Å².